The highest BCUT2D eigenvalue weighted by atomic mass is 79.9. The second-order valence-electron chi connectivity index (χ2n) is 5.01. The summed E-state index contributed by atoms with van der Waals surface area (Å²) < 4.78 is 0. The number of alkyl halides is 1. The number of fused-ring (bicyclic) bond motifs is 1. The standard InChI is InChI=1S/C16H13BrClNO/c1-9-6-12(18)3-4-13(9)16(17)10-2-5-14-11(7-10)8-15(20)19-14/h2-7,16H,8H2,1H3,(H,19,20). The van der Waals surface area contributed by atoms with Gasteiger partial charge >= 0.3 is 0 Å². The average molecular weight is 351 g/mol. The van der Waals surface area contributed by atoms with Crippen LogP contribution < -0.4 is 5.32 Å². The number of rotatable bonds is 2. The van der Waals surface area contributed by atoms with Crippen molar-refractivity contribution in [2.24, 2.45) is 0 Å². The van der Waals surface area contributed by atoms with E-state index in [1.54, 1.807) is 0 Å². The fourth-order valence-electron chi connectivity index (χ4n) is 2.51. The molecule has 20 heavy (non-hydrogen) atoms. The maximum atomic E-state index is 11.4. The smallest absolute Gasteiger partial charge is 0.228 e. The van der Waals surface area contributed by atoms with Gasteiger partial charge in [0.25, 0.3) is 0 Å². The van der Waals surface area contributed by atoms with Crippen LogP contribution in [0.1, 0.15) is 27.1 Å². The molecule has 0 saturated carbocycles. The zero-order valence-corrected chi connectivity index (χ0v) is 13.3. The van der Waals surface area contributed by atoms with E-state index in [-0.39, 0.29) is 10.7 Å². The van der Waals surface area contributed by atoms with Crippen molar-refractivity contribution in [2.45, 2.75) is 18.2 Å². The molecule has 1 amide bonds. The normalized spacial score (nSPS) is 14.8. The molecule has 1 heterocycles. The highest BCUT2D eigenvalue weighted by Gasteiger charge is 2.20. The van der Waals surface area contributed by atoms with E-state index >= 15 is 0 Å². The summed E-state index contributed by atoms with van der Waals surface area (Å²) in [5, 5.41) is 3.60. The first kappa shape index (κ1) is 13.7. The first-order valence-corrected chi connectivity index (χ1v) is 7.67. The number of carbonyl (C=O) groups excluding carboxylic acids is 1. The summed E-state index contributed by atoms with van der Waals surface area (Å²) in [7, 11) is 0. The molecule has 0 aromatic heterocycles. The lowest BCUT2D eigenvalue weighted by atomic mass is 9.98. The predicted octanol–water partition coefficient (Wildman–Crippen LogP) is 4.63. The Morgan fingerprint density at radius 3 is 2.80 bits per heavy atom. The van der Waals surface area contributed by atoms with Gasteiger partial charge in [-0.05, 0) is 47.4 Å². The van der Waals surface area contributed by atoms with Gasteiger partial charge in [-0.15, -0.1) is 0 Å². The molecular formula is C16H13BrClNO. The number of anilines is 1. The number of amides is 1. The van der Waals surface area contributed by atoms with Gasteiger partial charge in [0, 0.05) is 10.7 Å². The summed E-state index contributed by atoms with van der Waals surface area (Å²) >= 11 is 9.74. The molecule has 2 aromatic rings. The molecule has 1 aliphatic rings. The van der Waals surface area contributed by atoms with Crippen molar-refractivity contribution >= 4 is 39.1 Å². The van der Waals surface area contributed by atoms with Crippen molar-refractivity contribution in [1.29, 1.82) is 0 Å². The third-order valence-electron chi connectivity index (χ3n) is 3.55. The minimum Gasteiger partial charge on any atom is -0.326 e. The molecule has 0 aliphatic carbocycles. The largest absolute Gasteiger partial charge is 0.326 e. The summed E-state index contributed by atoms with van der Waals surface area (Å²) in [5.74, 6) is 0.0611. The average Bonchev–Trinajstić information content (AvgIpc) is 2.77. The van der Waals surface area contributed by atoms with Gasteiger partial charge in [0.05, 0.1) is 11.2 Å². The molecule has 1 unspecified atom stereocenters. The molecule has 0 fully saturated rings. The molecule has 2 aromatic carbocycles. The van der Waals surface area contributed by atoms with E-state index in [9.17, 15) is 4.79 Å². The van der Waals surface area contributed by atoms with Gasteiger partial charge in [-0.25, -0.2) is 0 Å². The monoisotopic (exact) mass is 349 g/mol. The third kappa shape index (κ3) is 2.48. The maximum Gasteiger partial charge on any atom is 0.228 e. The van der Waals surface area contributed by atoms with Crippen LogP contribution in [0.5, 0.6) is 0 Å². The Morgan fingerprint density at radius 1 is 1.25 bits per heavy atom. The molecule has 0 bridgehead atoms. The van der Waals surface area contributed by atoms with Crippen LogP contribution in [-0.2, 0) is 11.2 Å². The van der Waals surface area contributed by atoms with Crippen molar-refractivity contribution in [1.82, 2.24) is 0 Å². The SMILES string of the molecule is Cc1cc(Cl)ccc1C(Br)c1ccc2c(c1)CC(=O)N2. The number of carbonyl (C=O) groups is 1. The molecular weight excluding hydrogens is 338 g/mol. The fraction of sp³-hybridized carbons (Fsp3) is 0.188. The van der Waals surface area contributed by atoms with Gasteiger partial charge in [-0.3, -0.25) is 4.79 Å². The van der Waals surface area contributed by atoms with Crippen LogP contribution in [0.4, 0.5) is 5.69 Å². The van der Waals surface area contributed by atoms with Crippen molar-refractivity contribution in [2.75, 3.05) is 5.32 Å². The Morgan fingerprint density at radius 2 is 2.05 bits per heavy atom. The third-order valence-corrected chi connectivity index (χ3v) is 4.81. The van der Waals surface area contributed by atoms with Crippen LogP contribution in [-0.4, -0.2) is 5.91 Å². The Bertz CT molecular complexity index is 699. The maximum absolute atomic E-state index is 11.4. The summed E-state index contributed by atoms with van der Waals surface area (Å²) in [6, 6.07) is 12.0. The van der Waals surface area contributed by atoms with Crippen LogP contribution in [0, 0.1) is 6.92 Å². The lowest BCUT2D eigenvalue weighted by molar-refractivity contribution is -0.115. The van der Waals surface area contributed by atoms with Crippen LogP contribution in [0.3, 0.4) is 0 Å². The molecule has 1 atom stereocenters. The molecule has 102 valence electrons. The minimum absolute atomic E-state index is 0.0611. The van der Waals surface area contributed by atoms with Gasteiger partial charge in [0.1, 0.15) is 0 Å². The second-order valence-corrected chi connectivity index (χ2v) is 6.36. The summed E-state index contributed by atoms with van der Waals surface area (Å²) in [6.07, 6.45) is 0.461. The first-order valence-electron chi connectivity index (χ1n) is 6.37. The van der Waals surface area contributed by atoms with Gasteiger partial charge in [-0.2, -0.15) is 0 Å². The summed E-state index contributed by atoms with van der Waals surface area (Å²) in [5.41, 5.74) is 5.46. The number of halogens is 2. The van der Waals surface area contributed by atoms with Crippen LogP contribution in [0.15, 0.2) is 36.4 Å². The molecule has 0 spiro atoms. The molecule has 1 aliphatic heterocycles. The Labute approximate surface area is 131 Å². The zero-order chi connectivity index (χ0) is 14.3. The molecule has 1 N–H and O–H groups in total. The predicted molar refractivity (Wildman–Crippen MR) is 85.7 cm³/mol. The number of hydrogen-bond donors (Lipinski definition) is 1. The van der Waals surface area contributed by atoms with E-state index in [4.69, 9.17) is 11.6 Å². The number of benzene rings is 2. The first-order chi connectivity index (χ1) is 9.54. The number of aryl methyl sites for hydroxylation is 1. The highest BCUT2D eigenvalue weighted by Crippen LogP contribution is 2.36. The van der Waals surface area contributed by atoms with E-state index in [0.29, 0.717) is 6.42 Å². The lowest BCUT2D eigenvalue weighted by Crippen LogP contribution is -2.03. The van der Waals surface area contributed by atoms with E-state index in [2.05, 4.69) is 27.3 Å². The van der Waals surface area contributed by atoms with Crippen LogP contribution in [0.25, 0.3) is 0 Å². The number of hydrogen-bond acceptors (Lipinski definition) is 1. The molecule has 3 rings (SSSR count). The topological polar surface area (TPSA) is 29.1 Å². The van der Waals surface area contributed by atoms with E-state index in [1.807, 2.05) is 37.3 Å². The number of nitrogens with one attached hydrogen (secondary N) is 1. The Balaban J connectivity index is 1.97. The Kier molecular flexibility index (Phi) is 3.57. The minimum atomic E-state index is 0.0611. The van der Waals surface area contributed by atoms with Crippen molar-refractivity contribution in [3.8, 4) is 0 Å². The van der Waals surface area contributed by atoms with Gasteiger partial charge in [0.2, 0.25) is 5.91 Å². The van der Waals surface area contributed by atoms with Crippen LogP contribution >= 0.6 is 27.5 Å². The molecule has 0 radical (unpaired) electrons. The quantitative estimate of drug-likeness (QED) is 0.786. The second kappa shape index (κ2) is 5.23. The van der Waals surface area contributed by atoms with Gasteiger partial charge in [0.15, 0.2) is 0 Å². The zero-order valence-electron chi connectivity index (χ0n) is 10.9. The van der Waals surface area contributed by atoms with Crippen molar-refractivity contribution in [3.63, 3.8) is 0 Å². The fourth-order valence-corrected chi connectivity index (χ4v) is 3.54. The highest BCUT2D eigenvalue weighted by molar-refractivity contribution is 9.09. The summed E-state index contributed by atoms with van der Waals surface area (Å²) in [6.45, 7) is 2.05. The van der Waals surface area contributed by atoms with E-state index in [1.165, 1.54) is 5.56 Å². The van der Waals surface area contributed by atoms with E-state index < -0.39 is 0 Å². The van der Waals surface area contributed by atoms with Gasteiger partial charge in [-0.1, -0.05) is 45.7 Å². The molecule has 0 saturated heterocycles. The van der Waals surface area contributed by atoms with Gasteiger partial charge < -0.3 is 5.32 Å². The lowest BCUT2D eigenvalue weighted by Gasteiger charge is -2.15. The molecule has 4 heteroatoms. The summed E-state index contributed by atoms with van der Waals surface area (Å²) in [4.78, 5) is 11.5. The molecule has 2 nitrogen and oxygen atoms in total. The Hall–Kier alpha value is -1.32. The van der Waals surface area contributed by atoms with Crippen LogP contribution in [0.2, 0.25) is 5.02 Å². The van der Waals surface area contributed by atoms with Crippen molar-refractivity contribution in [3.05, 3.63) is 63.7 Å². The van der Waals surface area contributed by atoms with E-state index in [0.717, 1.165) is 27.4 Å². The van der Waals surface area contributed by atoms with Crippen molar-refractivity contribution < 1.29 is 4.79 Å².